The van der Waals surface area contributed by atoms with E-state index in [9.17, 15) is 10.1 Å². The Morgan fingerprint density at radius 3 is 2.67 bits per heavy atom. The lowest BCUT2D eigenvalue weighted by Crippen LogP contribution is -2.14. The van der Waals surface area contributed by atoms with E-state index in [1.165, 1.54) is 0 Å². The van der Waals surface area contributed by atoms with Crippen molar-refractivity contribution in [3.63, 3.8) is 0 Å². The first-order valence-corrected chi connectivity index (χ1v) is 9.48. The van der Waals surface area contributed by atoms with Gasteiger partial charge in [-0.2, -0.15) is 5.26 Å². The summed E-state index contributed by atoms with van der Waals surface area (Å²) < 4.78 is 11.8. The maximum atomic E-state index is 12.6. The number of anilines is 1. The zero-order valence-electron chi connectivity index (χ0n) is 15.7. The first kappa shape index (κ1) is 20.8. The van der Waals surface area contributed by atoms with Crippen molar-refractivity contribution in [3.05, 3.63) is 56.2 Å². The molecule has 6 heteroatoms. The third-order valence-corrected chi connectivity index (χ3v) is 4.66. The van der Waals surface area contributed by atoms with Gasteiger partial charge >= 0.3 is 0 Å². The average Bonchev–Trinajstić information content (AvgIpc) is 2.64. The van der Waals surface area contributed by atoms with E-state index in [0.29, 0.717) is 29.4 Å². The number of aryl methyl sites for hydroxylation is 2. The number of rotatable bonds is 6. The second-order valence-electron chi connectivity index (χ2n) is 5.91. The Balaban J connectivity index is 2.35. The minimum absolute atomic E-state index is 0.0120. The van der Waals surface area contributed by atoms with Crippen molar-refractivity contribution in [1.82, 2.24) is 0 Å². The van der Waals surface area contributed by atoms with Gasteiger partial charge in [-0.25, -0.2) is 0 Å². The third-order valence-electron chi connectivity index (χ3n) is 3.86. The normalized spacial score (nSPS) is 10.9. The largest absolute Gasteiger partial charge is 0.493 e. The lowest BCUT2D eigenvalue weighted by Gasteiger charge is -2.12. The Morgan fingerprint density at radius 1 is 1.30 bits per heavy atom. The van der Waals surface area contributed by atoms with Gasteiger partial charge in [0.1, 0.15) is 11.6 Å². The van der Waals surface area contributed by atoms with Gasteiger partial charge in [0.2, 0.25) is 0 Å². The summed E-state index contributed by atoms with van der Waals surface area (Å²) in [7, 11) is 1.56. The maximum absolute atomic E-state index is 12.6. The average molecular weight is 476 g/mol. The monoisotopic (exact) mass is 476 g/mol. The summed E-state index contributed by atoms with van der Waals surface area (Å²) in [5, 5.41) is 12.3. The molecule has 0 aliphatic carbocycles. The van der Waals surface area contributed by atoms with Crippen molar-refractivity contribution in [2.75, 3.05) is 19.0 Å². The summed E-state index contributed by atoms with van der Waals surface area (Å²) >= 11 is 2.14. The number of nitrogens with zero attached hydrogens (tertiary/aromatic N) is 1. The topological polar surface area (TPSA) is 71.3 Å². The molecule has 0 spiro atoms. The molecule has 0 aliphatic heterocycles. The number of hydrogen-bond donors (Lipinski definition) is 1. The zero-order chi connectivity index (χ0) is 20.0. The van der Waals surface area contributed by atoms with Gasteiger partial charge in [-0.1, -0.05) is 12.1 Å². The molecule has 140 valence electrons. The van der Waals surface area contributed by atoms with E-state index in [0.717, 1.165) is 14.7 Å². The number of hydrogen-bond acceptors (Lipinski definition) is 4. The number of nitrogens with one attached hydrogen (secondary N) is 1. The standard InChI is InChI=1S/C21H21IN2O3/c1-5-27-20-17(22)10-15(11-19(20)26-4)9-16(12-23)21(25)24-18-8-13(2)6-7-14(18)3/h6-11H,5H2,1-4H3,(H,24,25)/b16-9-. The second-order valence-corrected chi connectivity index (χ2v) is 7.07. The number of carbonyl (C=O) groups is 1. The summed E-state index contributed by atoms with van der Waals surface area (Å²) in [6.45, 7) is 6.27. The van der Waals surface area contributed by atoms with Crippen LogP contribution in [0.1, 0.15) is 23.6 Å². The number of benzene rings is 2. The highest BCUT2D eigenvalue weighted by Crippen LogP contribution is 2.34. The van der Waals surface area contributed by atoms with E-state index in [1.54, 1.807) is 19.3 Å². The lowest BCUT2D eigenvalue weighted by atomic mass is 10.1. The fourth-order valence-electron chi connectivity index (χ4n) is 2.48. The number of amides is 1. The second kappa shape index (κ2) is 9.42. The predicted molar refractivity (Wildman–Crippen MR) is 115 cm³/mol. The summed E-state index contributed by atoms with van der Waals surface area (Å²) in [6, 6.07) is 11.3. The molecule has 0 radical (unpaired) electrons. The molecule has 2 aromatic rings. The Bertz CT molecular complexity index is 930. The minimum atomic E-state index is -0.450. The summed E-state index contributed by atoms with van der Waals surface area (Å²) in [6.07, 6.45) is 1.54. The van der Waals surface area contributed by atoms with E-state index < -0.39 is 5.91 Å². The van der Waals surface area contributed by atoms with E-state index >= 15 is 0 Å². The molecule has 0 aromatic heterocycles. The molecule has 0 saturated heterocycles. The number of ether oxygens (including phenoxy) is 2. The van der Waals surface area contributed by atoms with Crippen LogP contribution in [0.2, 0.25) is 0 Å². The molecule has 0 atom stereocenters. The molecule has 5 nitrogen and oxygen atoms in total. The van der Waals surface area contributed by atoms with Crippen LogP contribution in [0.5, 0.6) is 11.5 Å². The molecular formula is C21H21IN2O3. The van der Waals surface area contributed by atoms with Crippen LogP contribution in [-0.2, 0) is 4.79 Å². The Hall–Kier alpha value is -2.53. The van der Waals surface area contributed by atoms with Crippen molar-refractivity contribution in [2.24, 2.45) is 0 Å². The van der Waals surface area contributed by atoms with Crippen LogP contribution in [0.15, 0.2) is 35.9 Å². The van der Waals surface area contributed by atoms with Crippen LogP contribution >= 0.6 is 22.6 Å². The van der Waals surface area contributed by atoms with Gasteiger partial charge in [0.25, 0.3) is 5.91 Å². The number of carbonyl (C=O) groups excluding carboxylic acids is 1. The van der Waals surface area contributed by atoms with E-state index in [4.69, 9.17) is 9.47 Å². The van der Waals surface area contributed by atoms with Crippen LogP contribution in [0.25, 0.3) is 6.08 Å². The Labute approximate surface area is 173 Å². The molecule has 0 aliphatic rings. The summed E-state index contributed by atoms with van der Waals surface area (Å²) in [5.41, 5.74) is 3.36. The van der Waals surface area contributed by atoms with Crippen molar-refractivity contribution in [2.45, 2.75) is 20.8 Å². The van der Waals surface area contributed by atoms with Gasteiger partial charge in [0.15, 0.2) is 11.5 Å². The van der Waals surface area contributed by atoms with Gasteiger partial charge in [0, 0.05) is 5.69 Å². The lowest BCUT2D eigenvalue weighted by molar-refractivity contribution is -0.112. The van der Waals surface area contributed by atoms with E-state index in [-0.39, 0.29) is 5.57 Å². The smallest absolute Gasteiger partial charge is 0.266 e. The molecular weight excluding hydrogens is 455 g/mol. The third kappa shape index (κ3) is 5.23. The number of nitriles is 1. The van der Waals surface area contributed by atoms with Gasteiger partial charge in [0.05, 0.1) is 17.3 Å². The fraction of sp³-hybridized carbons (Fsp3) is 0.238. The Morgan fingerprint density at radius 2 is 2.04 bits per heavy atom. The fourth-order valence-corrected chi connectivity index (χ4v) is 3.26. The van der Waals surface area contributed by atoms with E-state index in [2.05, 4.69) is 27.9 Å². The van der Waals surface area contributed by atoms with Crippen molar-refractivity contribution >= 4 is 40.3 Å². The molecule has 1 N–H and O–H groups in total. The van der Waals surface area contributed by atoms with Crippen LogP contribution < -0.4 is 14.8 Å². The summed E-state index contributed by atoms with van der Waals surface area (Å²) in [4.78, 5) is 12.6. The Kier molecular flexibility index (Phi) is 7.25. The van der Waals surface area contributed by atoms with Gasteiger partial charge in [-0.05, 0) is 84.3 Å². The highest BCUT2D eigenvalue weighted by atomic mass is 127. The molecule has 0 fully saturated rings. The number of halogens is 1. The predicted octanol–water partition coefficient (Wildman–Crippen LogP) is 4.86. The first-order chi connectivity index (χ1) is 12.9. The van der Waals surface area contributed by atoms with E-state index in [1.807, 2.05) is 51.1 Å². The molecule has 0 unspecified atom stereocenters. The first-order valence-electron chi connectivity index (χ1n) is 8.40. The molecule has 27 heavy (non-hydrogen) atoms. The molecule has 0 heterocycles. The van der Waals surface area contributed by atoms with Crippen LogP contribution in [0, 0.1) is 28.7 Å². The maximum Gasteiger partial charge on any atom is 0.266 e. The van der Waals surface area contributed by atoms with Crippen molar-refractivity contribution in [1.29, 1.82) is 5.26 Å². The summed E-state index contributed by atoms with van der Waals surface area (Å²) in [5.74, 6) is 0.757. The van der Waals surface area contributed by atoms with Crippen LogP contribution in [0.3, 0.4) is 0 Å². The zero-order valence-corrected chi connectivity index (χ0v) is 17.9. The van der Waals surface area contributed by atoms with Gasteiger partial charge in [-0.15, -0.1) is 0 Å². The highest BCUT2D eigenvalue weighted by Gasteiger charge is 2.14. The van der Waals surface area contributed by atoms with Crippen molar-refractivity contribution in [3.8, 4) is 17.6 Å². The van der Waals surface area contributed by atoms with Crippen LogP contribution in [-0.4, -0.2) is 19.6 Å². The number of methoxy groups -OCH3 is 1. The van der Waals surface area contributed by atoms with Gasteiger partial charge < -0.3 is 14.8 Å². The molecule has 0 bridgehead atoms. The van der Waals surface area contributed by atoms with Crippen LogP contribution in [0.4, 0.5) is 5.69 Å². The molecule has 1 amide bonds. The SMILES string of the molecule is CCOc1c(I)cc(/C=C(/C#N)C(=O)Nc2cc(C)ccc2C)cc1OC. The van der Waals surface area contributed by atoms with Gasteiger partial charge in [-0.3, -0.25) is 4.79 Å². The highest BCUT2D eigenvalue weighted by molar-refractivity contribution is 14.1. The molecule has 2 rings (SSSR count). The molecule has 0 saturated carbocycles. The quantitative estimate of drug-likeness (QED) is 0.367. The minimum Gasteiger partial charge on any atom is -0.493 e. The van der Waals surface area contributed by atoms with Crippen molar-refractivity contribution < 1.29 is 14.3 Å². The molecule has 2 aromatic carbocycles.